The number of hydrogen-bond donors (Lipinski definition) is 1. The summed E-state index contributed by atoms with van der Waals surface area (Å²) in [4.78, 5) is 23.8. The molecule has 0 spiro atoms. The van der Waals surface area contributed by atoms with E-state index in [0.717, 1.165) is 5.56 Å². The molecule has 3 nitrogen and oxygen atoms in total. The van der Waals surface area contributed by atoms with Crippen molar-refractivity contribution >= 4 is 23.5 Å². The Hall–Kier alpha value is -2.07. The van der Waals surface area contributed by atoms with Crippen LogP contribution in [-0.2, 0) is 10.5 Å². The topological polar surface area (TPSA) is 46.2 Å². The Balaban J connectivity index is 2.07. The van der Waals surface area contributed by atoms with Gasteiger partial charge in [-0.1, -0.05) is 60.7 Å². The Morgan fingerprint density at radius 3 is 2.14 bits per heavy atom. The van der Waals surface area contributed by atoms with Crippen molar-refractivity contribution in [3.05, 3.63) is 71.8 Å². The van der Waals surface area contributed by atoms with Crippen LogP contribution in [0.2, 0.25) is 0 Å². The second kappa shape index (κ2) is 7.64. The van der Waals surface area contributed by atoms with Gasteiger partial charge < -0.3 is 5.32 Å². The normalized spacial score (nSPS) is 11.7. The van der Waals surface area contributed by atoms with Crippen LogP contribution in [0.25, 0.3) is 0 Å². The number of nitrogens with one attached hydrogen (secondary N) is 1. The van der Waals surface area contributed by atoms with Gasteiger partial charge in [0.25, 0.3) is 0 Å². The molecular formula is C17H17NO2S. The molecule has 2 aromatic rings. The average Bonchev–Trinajstić information content (AvgIpc) is 2.52. The van der Waals surface area contributed by atoms with E-state index < -0.39 is 5.37 Å². The fourth-order valence-corrected chi connectivity index (χ4v) is 2.96. The van der Waals surface area contributed by atoms with Crippen LogP contribution in [0.4, 0.5) is 0 Å². The Bertz CT molecular complexity index is 599. The quantitative estimate of drug-likeness (QED) is 0.658. The van der Waals surface area contributed by atoms with E-state index in [4.69, 9.17) is 0 Å². The zero-order valence-corrected chi connectivity index (χ0v) is 12.6. The van der Waals surface area contributed by atoms with E-state index in [-0.39, 0.29) is 11.7 Å². The summed E-state index contributed by atoms with van der Waals surface area (Å²) >= 11 is 1.42. The van der Waals surface area contributed by atoms with Crippen LogP contribution in [-0.4, -0.2) is 17.1 Å². The van der Waals surface area contributed by atoms with Crippen LogP contribution >= 0.6 is 11.8 Å². The summed E-state index contributed by atoms with van der Waals surface area (Å²) in [5.74, 6) is 0.390. The molecule has 0 bridgehead atoms. The zero-order valence-electron chi connectivity index (χ0n) is 11.8. The fourth-order valence-electron chi connectivity index (χ4n) is 1.88. The molecule has 108 valence electrons. The molecule has 0 aliphatic rings. The molecule has 1 amide bonds. The van der Waals surface area contributed by atoms with E-state index in [2.05, 4.69) is 5.32 Å². The molecule has 21 heavy (non-hydrogen) atoms. The van der Waals surface area contributed by atoms with Gasteiger partial charge in [-0.25, -0.2) is 0 Å². The summed E-state index contributed by atoms with van der Waals surface area (Å²) in [6.45, 7) is 1.42. The molecule has 4 heteroatoms. The number of benzene rings is 2. The maximum absolute atomic E-state index is 12.5. The molecule has 0 radical (unpaired) electrons. The number of thioether (sulfide) groups is 1. The van der Waals surface area contributed by atoms with Gasteiger partial charge >= 0.3 is 0 Å². The molecule has 1 unspecified atom stereocenters. The lowest BCUT2D eigenvalue weighted by Gasteiger charge is -2.16. The maximum Gasteiger partial charge on any atom is 0.218 e. The van der Waals surface area contributed by atoms with Gasteiger partial charge in [-0.3, -0.25) is 9.59 Å². The standard InChI is InChI=1S/C17H17NO2S/c1-13(19)18-17(16(20)15-10-6-3-7-11-15)21-12-14-8-4-2-5-9-14/h2-11,17H,12H2,1H3,(H,18,19). The number of carbonyl (C=O) groups excluding carboxylic acids is 2. The van der Waals surface area contributed by atoms with Crippen LogP contribution in [0.1, 0.15) is 22.8 Å². The molecule has 1 atom stereocenters. The summed E-state index contributed by atoms with van der Waals surface area (Å²) in [6, 6.07) is 18.9. The molecule has 2 aromatic carbocycles. The van der Waals surface area contributed by atoms with Gasteiger partial charge in [-0.2, -0.15) is 0 Å². The van der Waals surface area contributed by atoms with Crippen LogP contribution in [0.5, 0.6) is 0 Å². The second-order valence-corrected chi connectivity index (χ2v) is 5.70. The van der Waals surface area contributed by atoms with E-state index in [1.807, 2.05) is 48.5 Å². The third-order valence-electron chi connectivity index (χ3n) is 2.89. The lowest BCUT2D eigenvalue weighted by molar-refractivity contribution is -0.119. The minimum atomic E-state index is -0.565. The van der Waals surface area contributed by atoms with Crippen molar-refractivity contribution in [2.24, 2.45) is 0 Å². The number of carbonyl (C=O) groups is 2. The molecule has 2 rings (SSSR count). The van der Waals surface area contributed by atoms with Gasteiger partial charge in [0.05, 0.1) is 0 Å². The summed E-state index contributed by atoms with van der Waals surface area (Å²) < 4.78 is 0. The number of amides is 1. The molecule has 0 aromatic heterocycles. The first-order chi connectivity index (χ1) is 10.2. The van der Waals surface area contributed by atoms with Crippen molar-refractivity contribution in [3.8, 4) is 0 Å². The minimum absolute atomic E-state index is 0.0771. The monoisotopic (exact) mass is 299 g/mol. The molecule has 0 saturated heterocycles. The zero-order chi connectivity index (χ0) is 15.1. The molecule has 0 heterocycles. The van der Waals surface area contributed by atoms with Gasteiger partial charge in [0.1, 0.15) is 5.37 Å². The summed E-state index contributed by atoms with van der Waals surface area (Å²) in [6.07, 6.45) is 0. The summed E-state index contributed by atoms with van der Waals surface area (Å²) in [7, 11) is 0. The molecule has 0 saturated carbocycles. The van der Waals surface area contributed by atoms with E-state index in [1.165, 1.54) is 18.7 Å². The molecule has 0 aliphatic carbocycles. The van der Waals surface area contributed by atoms with Crippen molar-refractivity contribution in [3.63, 3.8) is 0 Å². The van der Waals surface area contributed by atoms with Crippen LogP contribution in [0.3, 0.4) is 0 Å². The van der Waals surface area contributed by atoms with Gasteiger partial charge in [0.2, 0.25) is 5.91 Å². The molecule has 1 N–H and O–H groups in total. The third kappa shape index (κ3) is 4.76. The largest absolute Gasteiger partial charge is 0.338 e. The van der Waals surface area contributed by atoms with E-state index in [0.29, 0.717) is 11.3 Å². The highest BCUT2D eigenvalue weighted by Crippen LogP contribution is 2.19. The average molecular weight is 299 g/mol. The first kappa shape index (κ1) is 15.3. The predicted octanol–water partition coefficient (Wildman–Crippen LogP) is 3.26. The van der Waals surface area contributed by atoms with Crippen LogP contribution < -0.4 is 5.32 Å². The third-order valence-corrected chi connectivity index (χ3v) is 4.06. The van der Waals surface area contributed by atoms with Crippen molar-refractivity contribution < 1.29 is 9.59 Å². The number of ketones is 1. The first-order valence-electron chi connectivity index (χ1n) is 6.68. The number of hydrogen-bond acceptors (Lipinski definition) is 3. The van der Waals surface area contributed by atoms with Crippen molar-refractivity contribution in [1.29, 1.82) is 0 Å². The smallest absolute Gasteiger partial charge is 0.218 e. The van der Waals surface area contributed by atoms with Gasteiger partial charge in [-0.05, 0) is 5.56 Å². The van der Waals surface area contributed by atoms with Gasteiger partial charge in [-0.15, -0.1) is 11.8 Å². The van der Waals surface area contributed by atoms with E-state index in [1.54, 1.807) is 12.1 Å². The minimum Gasteiger partial charge on any atom is -0.338 e. The van der Waals surface area contributed by atoms with Crippen molar-refractivity contribution in [2.75, 3.05) is 0 Å². The number of Topliss-reactive ketones (excluding diaryl/α,β-unsaturated/α-hetero) is 1. The Labute approximate surface area is 128 Å². The summed E-state index contributed by atoms with van der Waals surface area (Å²) in [5, 5.41) is 2.16. The second-order valence-electron chi connectivity index (χ2n) is 4.61. The lowest BCUT2D eigenvalue weighted by atomic mass is 10.1. The van der Waals surface area contributed by atoms with Crippen molar-refractivity contribution in [1.82, 2.24) is 5.32 Å². The Morgan fingerprint density at radius 2 is 1.57 bits per heavy atom. The Kier molecular flexibility index (Phi) is 5.58. The molecule has 0 fully saturated rings. The van der Waals surface area contributed by atoms with Crippen LogP contribution in [0, 0.1) is 0 Å². The predicted molar refractivity (Wildman–Crippen MR) is 86.1 cm³/mol. The van der Waals surface area contributed by atoms with Crippen molar-refractivity contribution in [2.45, 2.75) is 18.1 Å². The highest BCUT2D eigenvalue weighted by molar-refractivity contribution is 7.99. The maximum atomic E-state index is 12.5. The van der Waals surface area contributed by atoms with Crippen LogP contribution in [0.15, 0.2) is 60.7 Å². The Morgan fingerprint density at radius 1 is 1.00 bits per heavy atom. The lowest BCUT2D eigenvalue weighted by Crippen LogP contribution is -2.37. The first-order valence-corrected chi connectivity index (χ1v) is 7.73. The molecular weight excluding hydrogens is 282 g/mol. The highest BCUT2D eigenvalue weighted by atomic mass is 32.2. The SMILES string of the molecule is CC(=O)NC(SCc1ccccc1)C(=O)c1ccccc1. The summed E-state index contributed by atoms with van der Waals surface area (Å²) in [5.41, 5.74) is 1.73. The van der Waals surface area contributed by atoms with Gasteiger partial charge in [0, 0.05) is 18.2 Å². The van der Waals surface area contributed by atoms with E-state index in [9.17, 15) is 9.59 Å². The number of rotatable bonds is 6. The van der Waals surface area contributed by atoms with E-state index >= 15 is 0 Å². The highest BCUT2D eigenvalue weighted by Gasteiger charge is 2.21. The van der Waals surface area contributed by atoms with Gasteiger partial charge in [0.15, 0.2) is 5.78 Å². The molecule has 0 aliphatic heterocycles. The fraction of sp³-hybridized carbons (Fsp3) is 0.176.